The summed E-state index contributed by atoms with van der Waals surface area (Å²) in [5.41, 5.74) is 1.24. The number of rotatable bonds is 5. The van der Waals surface area contributed by atoms with Crippen molar-refractivity contribution in [2.75, 3.05) is 11.9 Å². The average Bonchev–Trinajstić information content (AvgIpc) is 3.44. The molecule has 3 aromatic heterocycles. The molecule has 5 rings (SSSR count). The van der Waals surface area contributed by atoms with Crippen LogP contribution in [0.3, 0.4) is 0 Å². The lowest BCUT2D eigenvalue weighted by molar-refractivity contribution is -0.142. The molecule has 0 atom stereocenters. The fraction of sp³-hybridized carbons (Fsp3) is 0.308. The molecule has 3 heterocycles. The summed E-state index contributed by atoms with van der Waals surface area (Å²) in [6, 6.07) is 7.80. The normalized spacial score (nSPS) is 13.4. The van der Waals surface area contributed by atoms with Crippen LogP contribution >= 0.6 is 11.3 Å². The van der Waals surface area contributed by atoms with E-state index in [1.54, 1.807) is 31.2 Å². The van der Waals surface area contributed by atoms with Gasteiger partial charge in [0.1, 0.15) is 10.6 Å². The van der Waals surface area contributed by atoms with Crippen LogP contribution in [-0.2, 0) is 23.8 Å². The third-order valence-corrected chi connectivity index (χ3v) is 7.44. The predicted molar refractivity (Wildman–Crippen MR) is 133 cm³/mol. The Morgan fingerprint density at radius 3 is 2.59 bits per heavy atom. The summed E-state index contributed by atoms with van der Waals surface area (Å²) >= 11 is 1.30. The van der Waals surface area contributed by atoms with Gasteiger partial charge in [0, 0.05) is 10.4 Å². The van der Waals surface area contributed by atoms with Crippen molar-refractivity contribution in [1.29, 1.82) is 0 Å². The highest BCUT2D eigenvalue weighted by Crippen LogP contribution is 2.39. The highest BCUT2D eigenvalue weighted by Gasteiger charge is 2.36. The highest BCUT2D eigenvalue weighted by molar-refractivity contribution is 7.17. The molecule has 0 saturated carbocycles. The second-order valence-electron chi connectivity index (χ2n) is 8.77. The van der Waals surface area contributed by atoms with E-state index < -0.39 is 23.7 Å². The number of thiophene rings is 1. The maximum atomic E-state index is 13.9. The Labute approximate surface area is 214 Å². The molecular weight excluding hydrogens is 505 g/mol. The maximum Gasteiger partial charge on any atom is 0.433 e. The van der Waals surface area contributed by atoms with E-state index in [4.69, 9.17) is 4.74 Å². The van der Waals surface area contributed by atoms with E-state index in [-0.39, 0.29) is 23.5 Å². The number of anilines is 1. The molecule has 0 spiro atoms. The topological polar surface area (TPSA) is 85.6 Å². The highest BCUT2D eigenvalue weighted by atomic mass is 32.1. The van der Waals surface area contributed by atoms with Crippen molar-refractivity contribution >= 4 is 33.9 Å². The molecule has 0 fully saturated rings. The Morgan fingerprint density at radius 2 is 1.89 bits per heavy atom. The van der Waals surface area contributed by atoms with Crippen LogP contribution in [0.1, 0.15) is 62.2 Å². The first-order valence-electron chi connectivity index (χ1n) is 11.8. The number of nitrogens with one attached hydrogen (secondary N) is 1. The van der Waals surface area contributed by atoms with Gasteiger partial charge in [-0.15, -0.1) is 11.3 Å². The largest absolute Gasteiger partial charge is 0.462 e. The molecule has 0 unspecified atom stereocenters. The van der Waals surface area contributed by atoms with E-state index in [9.17, 15) is 22.8 Å². The van der Waals surface area contributed by atoms with Crippen molar-refractivity contribution in [2.45, 2.75) is 45.7 Å². The van der Waals surface area contributed by atoms with Gasteiger partial charge in [-0.3, -0.25) is 4.79 Å². The molecule has 0 aliphatic heterocycles. The smallest absolute Gasteiger partial charge is 0.433 e. The van der Waals surface area contributed by atoms with Gasteiger partial charge in [0.05, 0.1) is 24.1 Å². The predicted octanol–water partition coefficient (Wildman–Crippen LogP) is 6.09. The minimum absolute atomic E-state index is 0.0631. The summed E-state index contributed by atoms with van der Waals surface area (Å²) in [6.07, 6.45) is -0.293. The number of nitrogens with zero attached hydrogens (tertiary/aromatic N) is 3. The molecule has 1 aliphatic rings. The summed E-state index contributed by atoms with van der Waals surface area (Å²) in [5, 5.41) is 6.88. The molecule has 11 heteroatoms. The number of fused-ring (bicyclic) bond motifs is 2. The minimum atomic E-state index is -4.73. The van der Waals surface area contributed by atoms with E-state index in [0.29, 0.717) is 27.1 Å². The monoisotopic (exact) mass is 528 g/mol. The van der Waals surface area contributed by atoms with Crippen LogP contribution in [0.4, 0.5) is 18.2 Å². The number of hydrogen-bond acceptors (Lipinski definition) is 6. The van der Waals surface area contributed by atoms with Crippen LogP contribution < -0.4 is 5.32 Å². The lowest BCUT2D eigenvalue weighted by Crippen LogP contribution is -2.17. The van der Waals surface area contributed by atoms with Gasteiger partial charge >= 0.3 is 12.1 Å². The Bertz CT molecular complexity index is 1510. The molecule has 0 radical (unpaired) electrons. The molecule has 0 saturated heterocycles. The number of hydrogen-bond donors (Lipinski definition) is 1. The number of esters is 1. The van der Waals surface area contributed by atoms with Gasteiger partial charge in [0.25, 0.3) is 5.91 Å². The Kier molecular flexibility index (Phi) is 6.49. The van der Waals surface area contributed by atoms with Crippen LogP contribution in [0.15, 0.2) is 36.5 Å². The zero-order valence-electron chi connectivity index (χ0n) is 20.1. The van der Waals surface area contributed by atoms with Crippen molar-refractivity contribution in [3.8, 4) is 11.3 Å². The summed E-state index contributed by atoms with van der Waals surface area (Å²) in [4.78, 5) is 31.5. The van der Waals surface area contributed by atoms with Crippen LogP contribution in [0, 0.1) is 6.92 Å². The van der Waals surface area contributed by atoms with Gasteiger partial charge < -0.3 is 10.1 Å². The maximum absolute atomic E-state index is 13.9. The van der Waals surface area contributed by atoms with Crippen molar-refractivity contribution in [1.82, 2.24) is 14.6 Å². The molecular formula is C26H23F3N4O3S. The summed E-state index contributed by atoms with van der Waals surface area (Å²) in [6.45, 7) is 3.74. The number of halogens is 3. The standard InChI is InChI=1S/C26H23F3N4O3S/c1-3-36-25(35)21-16-6-4-5-7-19(16)37-24(21)32-23(34)17-13-30-33-20(26(27,28)29)12-18(31-22(17)33)15-10-8-14(2)9-11-15/h8-13H,3-7H2,1-2H3,(H,32,34). The van der Waals surface area contributed by atoms with Gasteiger partial charge in [-0.1, -0.05) is 29.8 Å². The molecule has 1 amide bonds. The molecule has 1 aromatic carbocycles. The zero-order chi connectivity index (χ0) is 26.3. The van der Waals surface area contributed by atoms with E-state index in [1.165, 1.54) is 11.3 Å². The van der Waals surface area contributed by atoms with Crippen molar-refractivity contribution in [3.63, 3.8) is 0 Å². The molecule has 192 valence electrons. The van der Waals surface area contributed by atoms with Crippen LogP contribution in [0.5, 0.6) is 0 Å². The van der Waals surface area contributed by atoms with Crippen LogP contribution in [0.25, 0.3) is 16.9 Å². The number of alkyl halides is 3. The van der Waals surface area contributed by atoms with Gasteiger partial charge in [0.2, 0.25) is 0 Å². The first-order valence-corrected chi connectivity index (χ1v) is 12.6. The van der Waals surface area contributed by atoms with E-state index in [2.05, 4.69) is 15.4 Å². The van der Waals surface area contributed by atoms with Crippen molar-refractivity contribution in [3.05, 3.63) is 69.4 Å². The van der Waals surface area contributed by atoms with Crippen LogP contribution in [0.2, 0.25) is 0 Å². The molecule has 1 aliphatic carbocycles. The second-order valence-corrected chi connectivity index (χ2v) is 9.88. The van der Waals surface area contributed by atoms with E-state index >= 15 is 0 Å². The molecule has 7 nitrogen and oxygen atoms in total. The number of aryl methyl sites for hydroxylation is 2. The lowest BCUT2D eigenvalue weighted by atomic mass is 9.95. The van der Waals surface area contributed by atoms with E-state index in [1.807, 2.05) is 6.92 Å². The Morgan fingerprint density at radius 1 is 1.16 bits per heavy atom. The summed E-state index contributed by atoms with van der Waals surface area (Å²) in [7, 11) is 0. The molecule has 0 bridgehead atoms. The minimum Gasteiger partial charge on any atom is -0.462 e. The quantitative estimate of drug-likeness (QED) is 0.317. The number of benzene rings is 1. The van der Waals surface area contributed by atoms with Crippen molar-refractivity contribution in [2.24, 2.45) is 0 Å². The number of carbonyl (C=O) groups is 2. The van der Waals surface area contributed by atoms with Gasteiger partial charge in [0.15, 0.2) is 11.3 Å². The second kappa shape index (κ2) is 9.62. The molecule has 1 N–H and O–H groups in total. The zero-order valence-corrected chi connectivity index (χ0v) is 20.9. The number of carbonyl (C=O) groups excluding carboxylic acids is 2. The van der Waals surface area contributed by atoms with Crippen molar-refractivity contribution < 1.29 is 27.5 Å². The fourth-order valence-corrected chi connectivity index (χ4v) is 5.71. The Hall–Kier alpha value is -3.73. The Balaban J connectivity index is 1.59. The van der Waals surface area contributed by atoms with Gasteiger partial charge in [-0.25, -0.2) is 14.3 Å². The van der Waals surface area contributed by atoms with E-state index in [0.717, 1.165) is 47.5 Å². The van der Waals surface area contributed by atoms with Crippen LogP contribution in [-0.4, -0.2) is 33.1 Å². The lowest BCUT2D eigenvalue weighted by Gasteiger charge is -2.12. The third kappa shape index (κ3) is 4.71. The third-order valence-electron chi connectivity index (χ3n) is 6.23. The number of aromatic nitrogens is 3. The van der Waals surface area contributed by atoms with Gasteiger partial charge in [-0.2, -0.15) is 18.3 Å². The summed E-state index contributed by atoms with van der Waals surface area (Å²) in [5.74, 6) is -1.24. The first kappa shape index (κ1) is 24.9. The number of amides is 1. The fourth-order valence-electron chi connectivity index (χ4n) is 4.44. The van der Waals surface area contributed by atoms with Gasteiger partial charge in [-0.05, 0) is 51.2 Å². The SMILES string of the molecule is CCOC(=O)c1c(NC(=O)c2cnn3c(C(F)(F)F)cc(-c4ccc(C)cc4)nc23)sc2c1CCCC2. The number of ether oxygens (including phenoxy) is 1. The molecule has 37 heavy (non-hydrogen) atoms. The summed E-state index contributed by atoms with van der Waals surface area (Å²) < 4.78 is 47.7. The average molecular weight is 529 g/mol. The first-order chi connectivity index (χ1) is 17.7. The molecule has 4 aromatic rings.